The number of hydrogen-bond acceptors (Lipinski definition) is 5. The van der Waals surface area contributed by atoms with Gasteiger partial charge in [0.25, 0.3) is 0 Å². The second-order valence-corrected chi connectivity index (χ2v) is 5.28. The molecule has 0 amide bonds. The minimum Gasteiger partial charge on any atom is -0.354 e. The number of anilines is 2. The van der Waals surface area contributed by atoms with Crippen LogP contribution in [0.1, 0.15) is 33.6 Å². The van der Waals surface area contributed by atoms with Gasteiger partial charge in [0, 0.05) is 19.1 Å². The molecule has 0 radical (unpaired) electrons. The van der Waals surface area contributed by atoms with E-state index < -0.39 is 0 Å². The highest BCUT2D eigenvalue weighted by Crippen LogP contribution is 2.26. The molecular formula is C12H20ClN5. The van der Waals surface area contributed by atoms with Crippen LogP contribution in [0.4, 0.5) is 11.9 Å². The van der Waals surface area contributed by atoms with Crippen molar-refractivity contribution in [3.63, 3.8) is 0 Å². The van der Waals surface area contributed by atoms with Crippen LogP contribution in [-0.2, 0) is 0 Å². The Kier molecular flexibility index (Phi) is 4.22. The van der Waals surface area contributed by atoms with Gasteiger partial charge in [0.05, 0.1) is 0 Å². The van der Waals surface area contributed by atoms with E-state index in [0.29, 0.717) is 23.9 Å². The van der Waals surface area contributed by atoms with Gasteiger partial charge in [0.1, 0.15) is 0 Å². The van der Waals surface area contributed by atoms with Gasteiger partial charge >= 0.3 is 0 Å². The van der Waals surface area contributed by atoms with E-state index in [0.717, 1.165) is 13.1 Å². The molecule has 18 heavy (non-hydrogen) atoms. The summed E-state index contributed by atoms with van der Waals surface area (Å²) in [5, 5.41) is 3.33. The number of halogens is 1. The van der Waals surface area contributed by atoms with Crippen LogP contribution in [-0.4, -0.2) is 34.1 Å². The molecule has 0 aromatic carbocycles. The van der Waals surface area contributed by atoms with E-state index in [1.807, 2.05) is 6.92 Å². The Morgan fingerprint density at radius 2 is 2.06 bits per heavy atom. The zero-order chi connectivity index (χ0) is 13.1. The van der Waals surface area contributed by atoms with E-state index in [9.17, 15) is 0 Å². The van der Waals surface area contributed by atoms with Gasteiger partial charge < -0.3 is 10.2 Å². The fraction of sp³-hybridized carbons (Fsp3) is 0.750. The van der Waals surface area contributed by atoms with Gasteiger partial charge in [-0.05, 0) is 44.2 Å². The van der Waals surface area contributed by atoms with Gasteiger partial charge in [0.15, 0.2) is 0 Å². The van der Waals surface area contributed by atoms with E-state index in [1.54, 1.807) is 0 Å². The fourth-order valence-corrected chi connectivity index (χ4v) is 2.43. The monoisotopic (exact) mass is 269 g/mol. The summed E-state index contributed by atoms with van der Waals surface area (Å²) >= 11 is 5.96. The third-order valence-corrected chi connectivity index (χ3v) is 3.47. The van der Waals surface area contributed by atoms with Crippen molar-refractivity contribution >= 4 is 23.5 Å². The van der Waals surface area contributed by atoms with Gasteiger partial charge in [-0.25, -0.2) is 0 Å². The molecule has 5 nitrogen and oxygen atoms in total. The molecule has 1 aromatic rings. The smallest absolute Gasteiger partial charge is 0.231 e. The third-order valence-electron chi connectivity index (χ3n) is 3.31. The number of aromatic nitrogens is 3. The summed E-state index contributed by atoms with van der Waals surface area (Å²) in [6.07, 6.45) is 2.43. The maximum Gasteiger partial charge on any atom is 0.231 e. The fourth-order valence-electron chi connectivity index (χ4n) is 2.27. The van der Waals surface area contributed by atoms with E-state index in [2.05, 4.69) is 39.0 Å². The number of nitrogens with zero attached hydrogens (tertiary/aromatic N) is 4. The van der Waals surface area contributed by atoms with Crippen LogP contribution in [0.25, 0.3) is 0 Å². The molecule has 0 aliphatic carbocycles. The Balaban J connectivity index is 2.25. The molecule has 2 heterocycles. The zero-order valence-electron chi connectivity index (χ0n) is 11.1. The summed E-state index contributed by atoms with van der Waals surface area (Å²) in [7, 11) is 0. The number of hydrogen-bond donors (Lipinski definition) is 1. The van der Waals surface area contributed by atoms with Crippen LogP contribution in [0, 0.1) is 5.92 Å². The normalized spacial score (nSPS) is 24.1. The van der Waals surface area contributed by atoms with Crippen molar-refractivity contribution in [1.29, 1.82) is 0 Å². The molecule has 2 atom stereocenters. The Morgan fingerprint density at radius 3 is 2.78 bits per heavy atom. The van der Waals surface area contributed by atoms with E-state index in [4.69, 9.17) is 11.6 Å². The van der Waals surface area contributed by atoms with Gasteiger partial charge in [0.2, 0.25) is 17.2 Å². The standard InChI is InChI=1S/C12H20ClN5/c1-4-14-11-15-10(13)16-12(17-11)18-7-8(2)5-6-9(18)3/h8-9H,4-7H2,1-3H3,(H,14,15,16,17). The Hall–Kier alpha value is -1.10. The van der Waals surface area contributed by atoms with E-state index in [1.165, 1.54) is 12.8 Å². The van der Waals surface area contributed by atoms with Crippen LogP contribution in [0.15, 0.2) is 0 Å². The highest BCUT2D eigenvalue weighted by atomic mass is 35.5. The lowest BCUT2D eigenvalue weighted by molar-refractivity contribution is 0.385. The molecule has 1 aliphatic rings. The molecule has 0 saturated carbocycles. The topological polar surface area (TPSA) is 53.9 Å². The van der Waals surface area contributed by atoms with Crippen LogP contribution in [0.3, 0.4) is 0 Å². The van der Waals surface area contributed by atoms with Gasteiger partial charge in [-0.1, -0.05) is 6.92 Å². The quantitative estimate of drug-likeness (QED) is 0.914. The molecule has 1 aromatic heterocycles. The van der Waals surface area contributed by atoms with Gasteiger partial charge in [-0.15, -0.1) is 0 Å². The average molecular weight is 270 g/mol. The molecule has 1 saturated heterocycles. The van der Waals surface area contributed by atoms with Crippen molar-refractivity contribution in [2.24, 2.45) is 5.92 Å². The van der Waals surface area contributed by atoms with Crippen molar-refractivity contribution in [3.05, 3.63) is 5.28 Å². The summed E-state index contributed by atoms with van der Waals surface area (Å²) in [6, 6.07) is 0.453. The predicted molar refractivity (Wildman–Crippen MR) is 74.2 cm³/mol. The Bertz CT molecular complexity index is 411. The highest BCUT2D eigenvalue weighted by molar-refractivity contribution is 6.28. The number of piperidine rings is 1. The maximum absolute atomic E-state index is 5.96. The van der Waals surface area contributed by atoms with Crippen molar-refractivity contribution in [3.8, 4) is 0 Å². The third kappa shape index (κ3) is 3.02. The minimum atomic E-state index is 0.251. The van der Waals surface area contributed by atoms with E-state index >= 15 is 0 Å². The first-order chi connectivity index (χ1) is 8.60. The average Bonchev–Trinajstić information content (AvgIpc) is 2.32. The summed E-state index contributed by atoms with van der Waals surface area (Å²) in [5.41, 5.74) is 0. The molecule has 2 rings (SSSR count). The summed E-state index contributed by atoms with van der Waals surface area (Å²) in [4.78, 5) is 15.0. The lowest BCUT2D eigenvalue weighted by atomic mass is 9.95. The largest absolute Gasteiger partial charge is 0.354 e. The molecule has 0 bridgehead atoms. The Labute approximate surface area is 113 Å². The molecule has 1 N–H and O–H groups in total. The lowest BCUT2D eigenvalue weighted by Gasteiger charge is -2.36. The highest BCUT2D eigenvalue weighted by Gasteiger charge is 2.25. The van der Waals surface area contributed by atoms with Crippen molar-refractivity contribution < 1.29 is 0 Å². The van der Waals surface area contributed by atoms with Crippen LogP contribution < -0.4 is 10.2 Å². The summed E-state index contributed by atoms with van der Waals surface area (Å²) in [6.45, 7) is 8.21. The van der Waals surface area contributed by atoms with Crippen molar-refractivity contribution in [2.45, 2.75) is 39.7 Å². The maximum atomic E-state index is 5.96. The number of nitrogens with one attached hydrogen (secondary N) is 1. The lowest BCUT2D eigenvalue weighted by Crippen LogP contribution is -2.42. The van der Waals surface area contributed by atoms with Gasteiger partial charge in [-0.2, -0.15) is 15.0 Å². The van der Waals surface area contributed by atoms with Crippen molar-refractivity contribution in [2.75, 3.05) is 23.3 Å². The predicted octanol–water partition coefficient (Wildman–Crippen LogP) is 2.58. The molecule has 6 heteroatoms. The first kappa shape index (κ1) is 13.3. The molecule has 1 aliphatic heterocycles. The van der Waals surface area contributed by atoms with E-state index in [-0.39, 0.29) is 5.28 Å². The molecule has 1 fully saturated rings. The zero-order valence-corrected chi connectivity index (χ0v) is 11.9. The molecular weight excluding hydrogens is 250 g/mol. The Morgan fingerprint density at radius 1 is 1.28 bits per heavy atom. The van der Waals surface area contributed by atoms with Crippen LogP contribution >= 0.6 is 11.6 Å². The summed E-state index contributed by atoms with van der Waals surface area (Å²) in [5.74, 6) is 1.90. The van der Waals surface area contributed by atoms with Gasteiger partial charge in [-0.3, -0.25) is 0 Å². The van der Waals surface area contributed by atoms with Crippen LogP contribution in [0.5, 0.6) is 0 Å². The molecule has 2 unspecified atom stereocenters. The summed E-state index contributed by atoms with van der Waals surface area (Å²) < 4.78 is 0. The second kappa shape index (κ2) is 5.69. The first-order valence-corrected chi connectivity index (χ1v) is 6.90. The molecule has 100 valence electrons. The van der Waals surface area contributed by atoms with Crippen molar-refractivity contribution in [1.82, 2.24) is 15.0 Å². The molecule has 0 spiro atoms. The first-order valence-electron chi connectivity index (χ1n) is 6.52. The second-order valence-electron chi connectivity index (χ2n) is 4.94. The SMILES string of the molecule is CCNc1nc(Cl)nc(N2CC(C)CCC2C)n1. The van der Waals surface area contributed by atoms with Crippen LogP contribution in [0.2, 0.25) is 5.28 Å². The minimum absolute atomic E-state index is 0.251. The number of rotatable bonds is 3.